The third-order valence-electron chi connectivity index (χ3n) is 4.21. The van der Waals surface area contributed by atoms with Gasteiger partial charge in [-0.25, -0.2) is 4.39 Å². The normalized spacial score (nSPS) is 17.4. The van der Waals surface area contributed by atoms with E-state index in [0.717, 1.165) is 0 Å². The number of benzene rings is 1. The first-order chi connectivity index (χ1) is 11.5. The molecule has 0 radical (unpaired) electrons. The van der Waals surface area contributed by atoms with Crippen molar-refractivity contribution in [3.05, 3.63) is 53.7 Å². The molecule has 126 valence electrons. The third-order valence-corrected chi connectivity index (χ3v) is 4.21. The van der Waals surface area contributed by atoms with E-state index in [1.165, 1.54) is 22.1 Å². The Morgan fingerprint density at radius 2 is 2.21 bits per heavy atom. The lowest BCUT2D eigenvalue weighted by atomic mass is 10.2. The highest BCUT2D eigenvalue weighted by Crippen LogP contribution is 2.27. The van der Waals surface area contributed by atoms with Crippen LogP contribution < -0.4 is 10.6 Å². The van der Waals surface area contributed by atoms with E-state index >= 15 is 0 Å². The van der Waals surface area contributed by atoms with Gasteiger partial charge in [0, 0.05) is 13.6 Å². The first kappa shape index (κ1) is 16.2. The number of para-hydroxylation sites is 1. The first-order valence-corrected chi connectivity index (χ1v) is 7.63. The molecule has 1 saturated heterocycles. The van der Waals surface area contributed by atoms with Gasteiger partial charge in [0.15, 0.2) is 0 Å². The summed E-state index contributed by atoms with van der Waals surface area (Å²) in [4.78, 5) is 27.9. The maximum Gasteiger partial charge on any atom is 0.257 e. The van der Waals surface area contributed by atoms with E-state index < -0.39 is 11.9 Å². The lowest BCUT2D eigenvalue weighted by molar-refractivity contribution is -0.120. The SMILES string of the molecule is CN(C(=O)c1coc(CN)c1)C1CCN(c2ccccc2F)C1=O. The average molecular weight is 331 g/mol. The summed E-state index contributed by atoms with van der Waals surface area (Å²) in [6.07, 6.45) is 1.77. The van der Waals surface area contributed by atoms with Crippen LogP contribution in [0.2, 0.25) is 0 Å². The number of likely N-dealkylation sites (N-methyl/N-ethyl adjacent to an activating group) is 1. The molecule has 1 aliphatic rings. The minimum Gasteiger partial charge on any atom is -0.467 e. The molecule has 1 aromatic carbocycles. The Hall–Kier alpha value is -2.67. The van der Waals surface area contributed by atoms with Crippen LogP contribution in [0.1, 0.15) is 22.5 Å². The first-order valence-electron chi connectivity index (χ1n) is 7.63. The van der Waals surface area contributed by atoms with Gasteiger partial charge < -0.3 is 20.0 Å². The molecule has 2 aromatic rings. The van der Waals surface area contributed by atoms with E-state index in [1.807, 2.05) is 0 Å². The predicted octanol–water partition coefficient (Wildman–Crippen LogP) is 1.75. The van der Waals surface area contributed by atoms with Gasteiger partial charge in [0.2, 0.25) is 5.91 Å². The molecule has 1 aromatic heterocycles. The fourth-order valence-electron chi connectivity index (χ4n) is 2.88. The van der Waals surface area contributed by atoms with E-state index in [4.69, 9.17) is 10.2 Å². The van der Waals surface area contributed by atoms with E-state index in [-0.39, 0.29) is 24.0 Å². The van der Waals surface area contributed by atoms with Crippen LogP contribution in [0.4, 0.5) is 10.1 Å². The molecular formula is C17H18FN3O3. The van der Waals surface area contributed by atoms with Crippen LogP contribution in [-0.2, 0) is 11.3 Å². The molecule has 6 nitrogen and oxygen atoms in total. The second-order valence-corrected chi connectivity index (χ2v) is 5.67. The monoisotopic (exact) mass is 331 g/mol. The highest BCUT2D eigenvalue weighted by atomic mass is 19.1. The predicted molar refractivity (Wildman–Crippen MR) is 85.9 cm³/mol. The van der Waals surface area contributed by atoms with Crippen molar-refractivity contribution in [1.29, 1.82) is 0 Å². The molecule has 3 rings (SSSR count). The topological polar surface area (TPSA) is 79.8 Å². The Balaban J connectivity index is 1.77. The van der Waals surface area contributed by atoms with Crippen LogP contribution >= 0.6 is 0 Å². The number of amides is 2. The van der Waals surface area contributed by atoms with E-state index in [2.05, 4.69) is 0 Å². The summed E-state index contributed by atoms with van der Waals surface area (Å²) in [7, 11) is 1.56. The van der Waals surface area contributed by atoms with Gasteiger partial charge in [0.05, 0.1) is 17.8 Å². The Morgan fingerprint density at radius 3 is 2.88 bits per heavy atom. The van der Waals surface area contributed by atoms with Gasteiger partial charge in [0.1, 0.15) is 23.9 Å². The zero-order valence-corrected chi connectivity index (χ0v) is 13.2. The molecule has 24 heavy (non-hydrogen) atoms. The van der Waals surface area contributed by atoms with Crippen molar-refractivity contribution >= 4 is 17.5 Å². The molecule has 1 atom stereocenters. The van der Waals surface area contributed by atoms with Crippen LogP contribution in [0.5, 0.6) is 0 Å². The van der Waals surface area contributed by atoms with Crippen molar-refractivity contribution in [1.82, 2.24) is 4.90 Å². The number of carbonyl (C=O) groups excluding carboxylic acids is 2. The zero-order valence-electron chi connectivity index (χ0n) is 13.2. The summed E-state index contributed by atoms with van der Waals surface area (Å²) >= 11 is 0. The van der Waals surface area contributed by atoms with Crippen LogP contribution in [0.3, 0.4) is 0 Å². The Bertz CT molecular complexity index is 774. The Labute approximate surface area is 138 Å². The molecule has 0 saturated carbocycles. The molecular weight excluding hydrogens is 313 g/mol. The number of nitrogens with two attached hydrogens (primary N) is 1. The van der Waals surface area contributed by atoms with Crippen LogP contribution in [0.25, 0.3) is 0 Å². The molecule has 1 fully saturated rings. The van der Waals surface area contributed by atoms with Crippen LogP contribution in [-0.4, -0.2) is 36.3 Å². The van der Waals surface area contributed by atoms with Crippen molar-refractivity contribution < 1.29 is 18.4 Å². The molecule has 2 heterocycles. The van der Waals surface area contributed by atoms with Gasteiger partial charge in [-0.3, -0.25) is 9.59 Å². The molecule has 1 unspecified atom stereocenters. The Morgan fingerprint density at radius 1 is 1.46 bits per heavy atom. The Kier molecular flexibility index (Phi) is 4.35. The van der Waals surface area contributed by atoms with Gasteiger partial charge in [0.25, 0.3) is 5.91 Å². The number of nitrogens with zero attached hydrogens (tertiary/aromatic N) is 2. The fourth-order valence-corrected chi connectivity index (χ4v) is 2.88. The van der Waals surface area contributed by atoms with E-state index in [0.29, 0.717) is 24.3 Å². The van der Waals surface area contributed by atoms with Gasteiger partial charge in [-0.1, -0.05) is 12.1 Å². The summed E-state index contributed by atoms with van der Waals surface area (Å²) in [5.41, 5.74) is 6.04. The van der Waals surface area contributed by atoms with E-state index in [9.17, 15) is 14.0 Å². The molecule has 0 spiro atoms. The summed E-state index contributed by atoms with van der Waals surface area (Å²) < 4.78 is 19.1. The van der Waals surface area contributed by atoms with Crippen molar-refractivity contribution in [3.63, 3.8) is 0 Å². The summed E-state index contributed by atoms with van der Waals surface area (Å²) in [6.45, 7) is 0.557. The molecule has 7 heteroatoms. The van der Waals surface area contributed by atoms with Gasteiger partial charge in [-0.15, -0.1) is 0 Å². The molecule has 0 aliphatic carbocycles. The zero-order chi connectivity index (χ0) is 17.3. The quantitative estimate of drug-likeness (QED) is 0.926. The largest absolute Gasteiger partial charge is 0.467 e. The second kappa shape index (κ2) is 6.45. The molecule has 0 bridgehead atoms. The molecule has 2 N–H and O–H groups in total. The number of hydrogen-bond donors (Lipinski definition) is 1. The number of hydrogen-bond acceptors (Lipinski definition) is 4. The average Bonchev–Trinajstić information content (AvgIpc) is 3.21. The van der Waals surface area contributed by atoms with Crippen molar-refractivity contribution in [3.8, 4) is 0 Å². The third kappa shape index (κ3) is 2.78. The molecule has 2 amide bonds. The smallest absolute Gasteiger partial charge is 0.257 e. The minimum atomic E-state index is -0.631. The van der Waals surface area contributed by atoms with Gasteiger partial charge in [-0.2, -0.15) is 0 Å². The van der Waals surface area contributed by atoms with Crippen molar-refractivity contribution in [2.75, 3.05) is 18.5 Å². The second-order valence-electron chi connectivity index (χ2n) is 5.67. The number of furan rings is 1. The number of anilines is 1. The molecule has 1 aliphatic heterocycles. The summed E-state index contributed by atoms with van der Waals surface area (Å²) in [6, 6.07) is 7.04. The van der Waals surface area contributed by atoms with Crippen LogP contribution in [0.15, 0.2) is 41.0 Å². The fraction of sp³-hybridized carbons (Fsp3) is 0.294. The van der Waals surface area contributed by atoms with Crippen LogP contribution in [0, 0.1) is 5.82 Å². The lowest BCUT2D eigenvalue weighted by Gasteiger charge is -2.23. The lowest BCUT2D eigenvalue weighted by Crippen LogP contribution is -2.43. The number of rotatable bonds is 4. The summed E-state index contributed by atoms with van der Waals surface area (Å²) in [5.74, 6) is -0.578. The highest BCUT2D eigenvalue weighted by molar-refractivity contribution is 6.03. The van der Waals surface area contributed by atoms with E-state index in [1.54, 1.807) is 31.3 Å². The van der Waals surface area contributed by atoms with Gasteiger partial charge >= 0.3 is 0 Å². The summed E-state index contributed by atoms with van der Waals surface area (Å²) in [5, 5.41) is 0. The number of halogens is 1. The standard InChI is InChI=1S/C17H18FN3O3/c1-20(16(22)11-8-12(9-19)24-10-11)15-6-7-21(17(15)23)14-5-3-2-4-13(14)18/h2-5,8,10,15H,6-7,9,19H2,1H3. The van der Waals surface area contributed by atoms with Crippen molar-refractivity contribution in [2.45, 2.75) is 19.0 Å². The van der Waals surface area contributed by atoms with Gasteiger partial charge in [-0.05, 0) is 24.6 Å². The van der Waals surface area contributed by atoms with Crippen molar-refractivity contribution in [2.24, 2.45) is 5.73 Å². The maximum absolute atomic E-state index is 13.9. The highest BCUT2D eigenvalue weighted by Gasteiger charge is 2.38. The maximum atomic E-state index is 13.9. The number of carbonyl (C=O) groups is 2. The minimum absolute atomic E-state index is 0.195.